The van der Waals surface area contributed by atoms with Crippen LogP contribution in [-0.4, -0.2) is 79.4 Å². The summed E-state index contributed by atoms with van der Waals surface area (Å²) in [4.78, 5) is 0. The molecular formula is C17H28O8. The van der Waals surface area contributed by atoms with Gasteiger partial charge in [-0.15, -0.1) is 0 Å². The topological polar surface area (TPSA) is 95.8 Å². The highest BCUT2D eigenvalue weighted by Gasteiger charge is 2.67. The third-order valence-corrected chi connectivity index (χ3v) is 5.73. The van der Waals surface area contributed by atoms with E-state index in [0.717, 1.165) is 25.7 Å². The quantitative estimate of drug-likeness (QED) is 0.725. The van der Waals surface area contributed by atoms with E-state index >= 15 is 0 Å². The van der Waals surface area contributed by atoms with Crippen LogP contribution in [0.3, 0.4) is 0 Å². The van der Waals surface area contributed by atoms with Crippen molar-refractivity contribution >= 4 is 0 Å². The van der Waals surface area contributed by atoms with Gasteiger partial charge in [0.1, 0.15) is 24.4 Å². The van der Waals surface area contributed by atoms with Crippen LogP contribution in [0.2, 0.25) is 0 Å². The number of rotatable bonds is 2. The molecule has 25 heavy (non-hydrogen) atoms. The lowest BCUT2D eigenvalue weighted by atomic mass is 9.86. The van der Waals surface area contributed by atoms with Gasteiger partial charge >= 0.3 is 0 Å². The predicted molar refractivity (Wildman–Crippen MR) is 83.6 cm³/mol. The minimum atomic E-state index is -1.04. The highest BCUT2D eigenvalue weighted by Crippen LogP contribution is 2.51. The first kappa shape index (κ1) is 18.1. The monoisotopic (exact) mass is 360 g/mol. The highest BCUT2D eigenvalue weighted by molar-refractivity contribution is 5.03. The van der Waals surface area contributed by atoms with E-state index in [1.807, 2.05) is 0 Å². The molecule has 4 rings (SSSR count). The van der Waals surface area contributed by atoms with Crippen molar-refractivity contribution < 1.29 is 38.6 Å². The fraction of sp³-hybridized carbons (Fsp3) is 1.00. The number of hydrogen-bond acceptors (Lipinski definition) is 8. The van der Waals surface area contributed by atoms with E-state index in [9.17, 15) is 10.2 Å². The van der Waals surface area contributed by atoms with E-state index in [1.54, 1.807) is 0 Å². The molecule has 4 aliphatic heterocycles. The van der Waals surface area contributed by atoms with Gasteiger partial charge in [-0.2, -0.15) is 0 Å². The predicted octanol–water partition coefficient (Wildman–Crippen LogP) is 0.289. The zero-order valence-corrected chi connectivity index (χ0v) is 14.6. The van der Waals surface area contributed by atoms with Crippen molar-refractivity contribution in [3.05, 3.63) is 0 Å². The molecule has 0 amide bonds. The van der Waals surface area contributed by atoms with Crippen molar-refractivity contribution in [3.8, 4) is 0 Å². The van der Waals surface area contributed by atoms with Crippen molar-refractivity contribution in [2.75, 3.05) is 26.9 Å². The van der Waals surface area contributed by atoms with Crippen LogP contribution in [0.4, 0.5) is 0 Å². The maximum absolute atomic E-state index is 10.6. The molecule has 4 aliphatic rings. The second-order valence-corrected chi connectivity index (χ2v) is 7.23. The third-order valence-electron chi connectivity index (χ3n) is 5.73. The van der Waals surface area contributed by atoms with Crippen molar-refractivity contribution in [1.82, 2.24) is 0 Å². The second-order valence-electron chi connectivity index (χ2n) is 7.23. The molecule has 8 nitrogen and oxygen atoms in total. The van der Waals surface area contributed by atoms with Crippen molar-refractivity contribution in [2.45, 2.75) is 80.8 Å². The third kappa shape index (κ3) is 2.83. The van der Waals surface area contributed by atoms with E-state index in [2.05, 4.69) is 0 Å². The summed E-state index contributed by atoms with van der Waals surface area (Å²) in [6, 6.07) is 0. The van der Waals surface area contributed by atoms with Gasteiger partial charge in [0.25, 0.3) is 0 Å². The number of fused-ring (bicyclic) bond motifs is 2. The van der Waals surface area contributed by atoms with Crippen molar-refractivity contribution in [1.29, 1.82) is 0 Å². The molecule has 2 N–H and O–H groups in total. The lowest BCUT2D eigenvalue weighted by Crippen LogP contribution is -2.75. The molecule has 0 aromatic heterocycles. The Morgan fingerprint density at radius 2 is 1.56 bits per heavy atom. The Bertz CT molecular complexity index is 460. The van der Waals surface area contributed by atoms with Gasteiger partial charge in [0, 0.05) is 20.0 Å². The van der Waals surface area contributed by atoms with Crippen LogP contribution in [0.1, 0.15) is 38.5 Å². The summed E-state index contributed by atoms with van der Waals surface area (Å²) < 4.78 is 36.1. The summed E-state index contributed by atoms with van der Waals surface area (Å²) in [5.41, 5.74) is 0. The molecule has 7 atom stereocenters. The molecule has 4 saturated heterocycles. The first-order valence-corrected chi connectivity index (χ1v) is 9.25. The summed E-state index contributed by atoms with van der Waals surface area (Å²) >= 11 is 0. The smallest absolute Gasteiger partial charge is 0.224 e. The Kier molecular flexibility index (Phi) is 5.07. The van der Waals surface area contributed by atoms with Crippen LogP contribution in [0, 0.1) is 0 Å². The summed E-state index contributed by atoms with van der Waals surface area (Å²) in [6.07, 6.45) is 1.16. The van der Waals surface area contributed by atoms with E-state index in [1.165, 1.54) is 7.11 Å². The summed E-state index contributed by atoms with van der Waals surface area (Å²) in [5.74, 6) is -2.05. The van der Waals surface area contributed by atoms with Crippen LogP contribution < -0.4 is 0 Å². The van der Waals surface area contributed by atoms with Gasteiger partial charge in [0.05, 0.1) is 19.8 Å². The molecule has 2 spiro atoms. The molecule has 8 heteroatoms. The average Bonchev–Trinajstić information content (AvgIpc) is 2.66. The molecule has 0 unspecified atom stereocenters. The van der Waals surface area contributed by atoms with Crippen LogP contribution >= 0.6 is 0 Å². The Labute approximate surface area is 147 Å². The molecule has 0 saturated carbocycles. The van der Waals surface area contributed by atoms with Crippen LogP contribution in [0.25, 0.3) is 0 Å². The molecule has 144 valence electrons. The summed E-state index contributed by atoms with van der Waals surface area (Å²) in [7, 11) is 1.51. The van der Waals surface area contributed by atoms with E-state index in [4.69, 9.17) is 28.4 Å². The van der Waals surface area contributed by atoms with Crippen LogP contribution in [0.15, 0.2) is 0 Å². The van der Waals surface area contributed by atoms with Gasteiger partial charge in [-0.3, -0.25) is 0 Å². The minimum absolute atomic E-state index is 0.330. The number of methoxy groups -OCH3 is 1. The maximum Gasteiger partial charge on any atom is 0.224 e. The molecule has 0 radical (unpaired) electrons. The number of aliphatic hydroxyl groups is 2. The molecule has 0 bridgehead atoms. The van der Waals surface area contributed by atoms with Crippen molar-refractivity contribution in [3.63, 3.8) is 0 Å². The number of hydrogen-bond donors (Lipinski definition) is 2. The minimum Gasteiger partial charge on any atom is -0.394 e. The molecule has 4 fully saturated rings. The van der Waals surface area contributed by atoms with Gasteiger partial charge in [0.15, 0.2) is 6.29 Å². The van der Waals surface area contributed by atoms with Gasteiger partial charge in [-0.05, 0) is 25.7 Å². The van der Waals surface area contributed by atoms with Crippen LogP contribution in [-0.2, 0) is 28.4 Å². The van der Waals surface area contributed by atoms with Crippen molar-refractivity contribution in [2.24, 2.45) is 0 Å². The van der Waals surface area contributed by atoms with Crippen LogP contribution in [0.5, 0.6) is 0 Å². The molecule has 4 heterocycles. The standard InChI is InChI=1S/C17H28O8/c1-20-15-14-13(12(19)11(10-18)23-15)24-16(6-2-4-8-21-16)17(25-14)7-3-5-9-22-17/h11-15,18-19H,2-10H2,1H3/t11-,12+,13+,14-,15+,16-,17-/m1/s1. The van der Waals surface area contributed by atoms with E-state index in [-0.39, 0.29) is 6.61 Å². The molecule has 0 aromatic carbocycles. The Hall–Kier alpha value is -0.320. The lowest BCUT2D eigenvalue weighted by molar-refractivity contribution is -0.508. The second kappa shape index (κ2) is 7.01. The SMILES string of the molecule is CO[C@H]1O[C@H](CO)[C@H](O)[C@@H]2O[C@]3(CCCCO3)[C@@]3(CCCCO3)O[C@@H]12. The van der Waals surface area contributed by atoms with Gasteiger partial charge in [-0.25, -0.2) is 0 Å². The molecular weight excluding hydrogens is 332 g/mol. The zero-order valence-electron chi connectivity index (χ0n) is 14.6. The average molecular weight is 360 g/mol. The summed E-state index contributed by atoms with van der Waals surface area (Å²) in [6.45, 7) is 0.810. The first-order chi connectivity index (χ1) is 12.1. The number of aliphatic hydroxyl groups excluding tert-OH is 2. The van der Waals surface area contributed by atoms with E-state index in [0.29, 0.717) is 26.1 Å². The fourth-order valence-electron chi connectivity index (χ4n) is 4.43. The fourth-order valence-corrected chi connectivity index (χ4v) is 4.43. The Morgan fingerprint density at radius 1 is 0.960 bits per heavy atom. The highest BCUT2D eigenvalue weighted by atomic mass is 16.8. The van der Waals surface area contributed by atoms with Gasteiger partial charge < -0.3 is 38.6 Å². The number of ether oxygens (including phenoxy) is 6. The summed E-state index contributed by atoms with van der Waals surface area (Å²) in [5, 5.41) is 20.2. The molecule has 0 aliphatic carbocycles. The molecule has 0 aromatic rings. The normalized spacial score (nSPS) is 50.8. The first-order valence-electron chi connectivity index (χ1n) is 9.25. The zero-order chi connectivity index (χ0) is 17.5. The van der Waals surface area contributed by atoms with Gasteiger partial charge in [0.2, 0.25) is 11.6 Å². The Morgan fingerprint density at radius 3 is 2.04 bits per heavy atom. The largest absolute Gasteiger partial charge is 0.394 e. The van der Waals surface area contributed by atoms with E-state index < -0.39 is 42.3 Å². The maximum atomic E-state index is 10.6. The lowest BCUT2D eigenvalue weighted by Gasteiger charge is -2.60. The Balaban J connectivity index is 1.68. The van der Waals surface area contributed by atoms with Gasteiger partial charge in [-0.1, -0.05) is 0 Å².